The lowest BCUT2D eigenvalue weighted by Crippen LogP contribution is -2.41. The normalized spacial score (nSPS) is 10.3. The Kier molecular flexibility index (Phi) is 116. The summed E-state index contributed by atoms with van der Waals surface area (Å²) in [5.74, 6) is 1.78. The number of para-hydroxylation sites is 1. The molecule has 8 rings (SSSR count). The predicted molar refractivity (Wildman–Crippen MR) is 936 cm³/mol. The highest BCUT2D eigenvalue weighted by atomic mass is 33.6. The SMILES string of the molecule is CC1(C)OB(c2ccc(-c3nc(-c4cccc(-c5ccccc5)c4)nc(-c4ccc5oc6ccccc6c5c4)n3)cc2)OC1(C)C.S=S=S=S=S=S=S=S=S=S=S=S=S=S=S=S=S=S=S=S=S=S=S=S=S=S=S=S=S=S=S=S=S=S=S=S=S=S=S=S=S=S=S=S=S=S=S=S=S=S=S=S=S=S=S=S=S=S=S=S=S=S=S=S=S=S=S=S=S=S=S=S=S=S=S=S=S=S=S=S=S=S=S=S=S=S=S=S=S=S=S=S=S=S=S=S=S=S=S=S=S=S. The summed E-state index contributed by atoms with van der Waals surface area (Å²) in [6, 6.07) is 40.9. The van der Waals surface area contributed by atoms with Crippen LogP contribution >= 0.6 is 0 Å². The van der Waals surface area contributed by atoms with Crippen molar-refractivity contribution >= 4 is 945 Å². The Hall–Kier alpha value is 17.3. The number of nitrogens with zero attached hydrogens (tertiary/aromatic N) is 3. The first-order valence-electron chi connectivity index (χ1n) is 32.4. The molecule has 5 aromatic carbocycles. The third kappa shape index (κ3) is 83.3. The lowest BCUT2D eigenvalue weighted by Gasteiger charge is -2.32. The van der Waals surface area contributed by atoms with E-state index in [0.29, 0.717) is 17.5 Å². The van der Waals surface area contributed by atoms with E-state index < -0.39 is 18.3 Å². The Labute approximate surface area is 1150 Å². The standard InChI is InChI=1S/C39H32BN3O3.S102/c1-38(2)39(3,4)46-40(45-38)30-20-17-26(18-21-30)35-41-36(28-14-10-13-27(23-28)25-11-6-5-7-12-25)43-37(42-35)29-19-22-34-32(24-29)31-15-8-9-16-33(31)44-34;1-3-5-7-9-11-13-15-17-19-21-23-25-27-29-31-33-35-37-39-41-43-45-47-49-51-53-55-57-59-61-63-65-67-69-71-73-75-77-79-81-83-85-87-89-91-93-95-97-99-101-102-100-98-96-94-92-90-88-86-84-82-80-78-76-74-72-70-68-66-64-62-60-58-56-54-52-50-48-46-44-42-40-38-36-34-32-30-28-26-24-22-20-18-16-14-12-10-8-6-4-2/h5-24H,1-4H3;. The second-order valence-corrected chi connectivity index (χ2v) is 196. The van der Waals surface area contributed by atoms with Crippen molar-refractivity contribution in [1.29, 1.82) is 0 Å². The molecule has 0 spiro atoms. The van der Waals surface area contributed by atoms with Gasteiger partial charge in [-0.25, -0.2) is 15.0 Å². The van der Waals surface area contributed by atoms with E-state index >= 15 is 0 Å². The lowest BCUT2D eigenvalue weighted by molar-refractivity contribution is 0.00578. The quantitative estimate of drug-likeness (QED) is 0.159. The number of benzene rings is 5. The molecule has 7 aromatic rings. The second-order valence-electron chi connectivity index (χ2n) is 19.6. The topological polar surface area (TPSA) is 70.3 Å². The first kappa shape index (κ1) is 152. The molecule has 148 heavy (non-hydrogen) atoms. The van der Waals surface area contributed by atoms with E-state index in [-0.39, 0.29) is 0 Å². The smallest absolute Gasteiger partial charge is 0.456 e. The van der Waals surface area contributed by atoms with Crippen molar-refractivity contribution in [3.63, 3.8) is 0 Å². The molecule has 1 aliphatic rings. The molecule has 109 heteroatoms. The van der Waals surface area contributed by atoms with Crippen LogP contribution in [0.1, 0.15) is 27.7 Å². The number of fused-ring (bicyclic) bond motifs is 3. The van der Waals surface area contributed by atoms with E-state index in [1.165, 1.54) is 17.8 Å². The molecule has 0 amide bonds. The molecule has 0 bridgehead atoms. The fourth-order valence-electron chi connectivity index (χ4n) is 6.98. The van der Waals surface area contributed by atoms with Crippen molar-refractivity contribution in [1.82, 2.24) is 15.0 Å². The molecular weight excluding hydrogens is 3840 g/mol. The molecule has 2 aromatic heterocycles. The summed E-state index contributed by atoms with van der Waals surface area (Å²) >= 11 is 9.66. The van der Waals surface area contributed by atoms with E-state index in [1.807, 2.05) is 849 Å². The molecule has 0 atom stereocenters. The summed E-state index contributed by atoms with van der Waals surface area (Å²) in [6.07, 6.45) is 0. The van der Waals surface area contributed by atoms with Gasteiger partial charge in [0.25, 0.3) is 0 Å². The summed E-state index contributed by atoms with van der Waals surface area (Å²) in [4.78, 5) is 15.0. The van der Waals surface area contributed by atoms with Crippen molar-refractivity contribution in [3.8, 4) is 45.3 Å². The zero-order valence-corrected chi connectivity index (χ0v) is 151. The third-order valence-corrected chi connectivity index (χ3v) is 232. The van der Waals surface area contributed by atoms with Gasteiger partial charge >= 0.3 is 7.12 Å². The van der Waals surface area contributed by atoms with Gasteiger partial charge in [-0.2, -0.15) is 0 Å². The number of hydrogen-bond acceptors (Lipinski definition) is 8. The average Bonchev–Trinajstić information content (AvgIpc) is 1.59. The lowest BCUT2D eigenvalue weighted by atomic mass is 9.79. The Morgan fingerprint density at radius 3 is 0.608 bits per heavy atom. The maximum atomic E-state index is 6.29. The van der Waals surface area contributed by atoms with Crippen LogP contribution in [0, 0.1) is 0 Å². The molecular formula is C39H32BN3O3S102. The molecule has 1 aliphatic heterocycles. The summed E-state index contributed by atoms with van der Waals surface area (Å²) in [7, 11) is 181. The predicted octanol–water partition coefficient (Wildman–Crippen LogP) is 8.49. The van der Waals surface area contributed by atoms with Gasteiger partial charge in [-0.1, -0.05) is 91.0 Å². The highest BCUT2D eigenvalue weighted by Gasteiger charge is 2.51. The Balaban J connectivity index is 0.000000523. The second kappa shape index (κ2) is 113. The van der Waals surface area contributed by atoms with Crippen LogP contribution in [-0.2, 0) is 920 Å². The first-order chi connectivity index (χ1) is 73.2. The van der Waals surface area contributed by atoms with Crippen LogP contribution < -0.4 is 5.46 Å². The minimum absolute atomic E-state index is 0.413. The van der Waals surface area contributed by atoms with Gasteiger partial charge < -0.3 is 13.7 Å². The van der Waals surface area contributed by atoms with Crippen molar-refractivity contribution in [2.75, 3.05) is 0 Å². The highest BCUT2D eigenvalue weighted by molar-refractivity contribution is 8.88. The Bertz CT molecular complexity index is 11100. The van der Waals surface area contributed by atoms with E-state index in [4.69, 9.17) is 51.1 Å². The van der Waals surface area contributed by atoms with Gasteiger partial charge in [-0.05, 0) is 74.6 Å². The number of furan rings is 1. The maximum Gasteiger partial charge on any atom is 0.494 e. The molecule has 836 valence electrons. The van der Waals surface area contributed by atoms with Crippen molar-refractivity contribution < 1.29 is 13.7 Å². The van der Waals surface area contributed by atoms with E-state index in [1.54, 1.807) is 107 Å². The monoisotopic (exact) mass is 3860 g/mol. The van der Waals surface area contributed by atoms with Gasteiger partial charge in [0.2, 0.25) is 0 Å². The van der Waals surface area contributed by atoms with Gasteiger partial charge in [0, 0.05) is 938 Å². The minimum Gasteiger partial charge on any atom is -0.456 e. The molecule has 1 saturated heterocycles. The molecule has 0 radical (unpaired) electrons. The summed E-state index contributed by atoms with van der Waals surface area (Å²) < 4.78 is 18.7. The molecule has 1 fully saturated rings. The number of hydrogen-bond donors (Lipinski definition) is 0. The van der Waals surface area contributed by atoms with E-state index in [9.17, 15) is 0 Å². The fraction of sp³-hybridized carbons (Fsp3) is 0.154. The maximum absolute atomic E-state index is 6.29. The zero-order valence-electron chi connectivity index (χ0n) is 67.8. The first-order valence-corrected chi connectivity index (χ1v) is 167. The molecule has 0 aliphatic carbocycles. The van der Waals surface area contributed by atoms with Crippen LogP contribution in [0.3, 0.4) is 0 Å². The van der Waals surface area contributed by atoms with Gasteiger partial charge in [0.15, 0.2) is 17.5 Å². The van der Waals surface area contributed by atoms with Crippen molar-refractivity contribution in [2.45, 2.75) is 38.9 Å². The molecule has 0 N–H and O–H groups in total. The van der Waals surface area contributed by atoms with E-state index in [2.05, 4.69) is 64.1 Å². The van der Waals surface area contributed by atoms with Crippen LogP contribution in [0.4, 0.5) is 0 Å². The van der Waals surface area contributed by atoms with Crippen molar-refractivity contribution in [2.24, 2.45) is 0 Å². The van der Waals surface area contributed by atoms with Crippen molar-refractivity contribution in [3.05, 3.63) is 121 Å². The van der Waals surface area contributed by atoms with Crippen LogP contribution in [-0.4, -0.2) is 33.3 Å². The van der Waals surface area contributed by atoms with Gasteiger partial charge in [0.05, 0.1) is 11.2 Å². The van der Waals surface area contributed by atoms with Gasteiger partial charge in [-0.15, -0.1) is 0 Å². The highest BCUT2D eigenvalue weighted by Crippen LogP contribution is 2.37. The van der Waals surface area contributed by atoms with Crippen LogP contribution in [0.2, 0.25) is 0 Å². The zero-order chi connectivity index (χ0) is 104. The minimum atomic E-state index is -0.444. The number of rotatable bonds is 5. The third-order valence-electron chi connectivity index (χ3n) is 11.9. The summed E-state index contributed by atoms with van der Waals surface area (Å²) in [5, 5.41) is 2.08. The average molecular weight is 3870 g/mol. The van der Waals surface area contributed by atoms with Crippen LogP contribution in [0.5, 0.6) is 0 Å². The number of aromatic nitrogens is 3. The largest absolute Gasteiger partial charge is 0.494 e. The van der Waals surface area contributed by atoms with E-state index in [0.717, 1.165) is 55.2 Å². The Morgan fingerprint density at radius 2 is 0.365 bits per heavy atom. The Morgan fingerprint density at radius 1 is 0.176 bits per heavy atom. The molecule has 0 unspecified atom stereocenters. The fourth-order valence-corrected chi connectivity index (χ4v) is 276. The van der Waals surface area contributed by atoms with Gasteiger partial charge in [0.1, 0.15) is 11.2 Å². The molecule has 3 heterocycles. The van der Waals surface area contributed by atoms with Gasteiger partial charge in [-0.3, -0.25) is 0 Å². The summed E-state index contributed by atoms with van der Waals surface area (Å²) in [5.41, 5.74) is 6.71. The van der Waals surface area contributed by atoms with Crippen LogP contribution in [0.25, 0.3) is 67.2 Å². The molecule has 6 nitrogen and oxygen atoms in total. The summed E-state index contributed by atoms with van der Waals surface area (Å²) in [6.45, 7) is 8.24. The van der Waals surface area contributed by atoms with Crippen LogP contribution in [0.15, 0.2) is 126 Å². The molecule has 0 saturated carbocycles.